The molecule has 4 aromatic rings. The Bertz CT molecular complexity index is 1180. The lowest BCUT2D eigenvalue weighted by molar-refractivity contribution is -0.113. The zero-order valence-corrected chi connectivity index (χ0v) is 18.0. The van der Waals surface area contributed by atoms with E-state index in [0.29, 0.717) is 28.0 Å². The van der Waals surface area contributed by atoms with E-state index in [1.54, 1.807) is 42.5 Å². The number of aromatic nitrogens is 2. The summed E-state index contributed by atoms with van der Waals surface area (Å²) in [4.78, 5) is 17.1. The minimum absolute atomic E-state index is 0.158. The van der Waals surface area contributed by atoms with Crippen molar-refractivity contribution in [2.75, 3.05) is 11.1 Å². The fourth-order valence-electron chi connectivity index (χ4n) is 3.05. The van der Waals surface area contributed by atoms with Crippen molar-refractivity contribution in [2.45, 2.75) is 11.7 Å². The van der Waals surface area contributed by atoms with E-state index in [0.717, 1.165) is 11.3 Å². The average molecular weight is 452 g/mol. The molecule has 0 aliphatic rings. The largest absolute Gasteiger partial charge is 0.325 e. The summed E-state index contributed by atoms with van der Waals surface area (Å²) < 4.78 is 16.1. The first-order chi connectivity index (χ1) is 15.1. The van der Waals surface area contributed by atoms with E-state index in [-0.39, 0.29) is 17.5 Å². The Morgan fingerprint density at radius 2 is 1.71 bits per heavy atom. The number of benzene rings is 3. The van der Waals surface area contributed by atoms with E-state index in [9.17, 15) is 9.18 Å². The Morgan fingerprint density at radius 1 is 1.00 bits per heavy atom. The smallest absolute Gasteiger partial charge is 0.234 e. The predicted octanol–water partition coefficient (Wildman–Crippen LogP) is 6.12. The van der Waals surface area contributed by atoms with Crippen LogP contribution in [-0.4, -0.2) is 21.2 Å². The summed E-state index contributed by atoms with van der Waals surface area (Å²) in [5, 5.41) is 4.09. The zero-order valence-electron chi connectivity index (χ0n) is 16.5. The molecule has 1 aromatic heterocycles. The number of carbonyl (C=O) groups is 1. The number of imidazole rings is 1. The van der Waals surface area contributed by atoms with Crippen LogP contribution >= 0.6 is 23.4 Å². The van der Waals surface area contributed by atoms with E-state index >= 15 is 0 Å². The van der Waals surface area contributed by atoms with E-state index < -0.39 is 0 Å². The lowest BCUT2D eigenvalue weighted by Crippen LogP contribution is -2.14. The van der Waals surface area contributed by atoms with Gasteiger partial charge < -0.3 is 9.88 Å². The van der Waals surface area contributed by atoms with Gasteiger partial charge in [0.2, 0.25) is 5.91 Å². The van der Waals surface area contributed by atoms with E-state index in [1.165, 1.54) is 17.8 Å². The maximum Gasteiger partial charge on any atom is 0.234 e. The third-order valence-corrected chi connectivity index (χ3v) is 5.81. The number of nitrogens with one attached hydrogen (secondary N) is 1. The van der Waals surface area contributed by atoms with Gasteiger partial charge in [0.15, 0.2) is 5.16 Å². The number of rotatable bonds is 7. The van der Waals surface area contributed by atoms with E-state index in [2.05, 4.69) is 5.32 Å². The minimum atomic E-state index is -0.270. The van der Waals surface area contributed by atoms with Gasteiger partial charge in [0.05, 0.1) is 18.0 Å². The summed E-state index contributed by atoms with van der Waals surface area (Å²) in [6, 6.07) is 23.4. The standard InChI is InChI=1S/C24H19ClFN3OS/c25-19-10-12-20(13-11-19)27-23(30)16-31-24-28-22(17-6-2-1-3-7-17)15-29(24)14-18-8-4-5-9-21(18)26/h1-13,15H,14,16H2,(H,27,30). The van der Waals surface area contributed by atoms with Crippen LogP contribution < -0.4 is 5.32 Å². The second-order valence-electron chi connectivity index (χ2n) is 6.84. The van der Waals surface area contributed by atoms with Crippen LogP contribution in [0.5, 0.6) is 0 Å². The first-order valence-electron chi connectivity index (χ1n) is 9.63. The van der Waals surface area contributed by atoms with Crippen LogP contribution in [0.15, 0.2) is 90.2 Å². The van der Waals surface area contributed by atoms with Crippen LogP contribution in [0.3, 0.4) is 0 Å². The Labute approximate surface area is 189 Å². The second-order valence-corrected chi connectivity index (χ2v) is 8.22. The van der Waals surface area contributed by atoms with Crippen molar-refractivity contribution < 1.29 is 9.18 Å². The number of hydrogen-bond donors (Lipinski definition) is 1. The summed E-state index contributed by atoms with van der Waals surface area (Å²) in [5.74, 6) is -0.256. The maximum absolute atomic E-state index is 14.2. The summed E-state index contributed by atoms with van der Waals surface area (Å²) in [6.07, 6.45) is 1.89. The van der Waals surface area contributed by atoms with Gasteiger partial charge in [-0.25, -0.2) is 9.37 Å². The highest BCUT2D eigenvalue weighted by molar-refractivity contribution is 7.99. The summed E-state index contributed by atoms with van der Waals surface area (Å²) in [6.45, 7) is 0.327. The number of amides is 1. The molecular weight excluding hydrogens is 433 g/mol. The molecule has 0 atom stereocenters. The van der Waals surface area contributed by atoms with Gasteiger partial charge in [-0.1, -0.05) is 71.9 Å². The quantitative estimate of drug-likeness (QED) is 0.344. The number of halogens is 2. The molecular formula is C24H19ClFN3OS. The topological polar surface area (TPSA) is 46.9 Å². The predicted molar refractivity (Wildman–Crippen MR) is 124 cm³/mol. The molecule has 0 bridgehead atoms. The van der Waals surface area contributed by atoms with Gasteiger partial charge in [-0.15, -0.1) is 0 Å². The molecule has 0 saturated heterocycles. The molecule has 4 nitrogen and oxygen atoms in total. The minimum Gasteiger partial charge on any atom is -0.325 e. The molecule has 1 N–H and O–H groups in total. The molecule has 3 aromatic carbocycles. The third-order valence-electron chi connectivity index (χ3n) is 4.57. The van der Waals surface area contributed by atoms with Crippen molar-refractivity contribution in [1.82, 2.24) is 9.55 Å². The summed E-state index contributed by atoms with van der Waals surface area (Å²) in [7, 11) is 0. The molecule has 0 saturated carbocycles. The van der Waals surface area contributed by atoms with Crippen LogP contribution in [0.1, 0.15) is 5.56 Å². The van der Waals surface area contributed by atoms with Gasteiger partial charge in [0.25, 0.3) is 0 Å². The van der Waals surface area contributed by atoms with Crippen molar-refractivity contribution in [1.29, 1.82) is 0 Å². The number of hydrogen-bond acceptors (Lipinski definition) is 3. The third kappa shape index (κ3) is 5.54. The highest BCUT2D eigenvalue weighted by Crippen LogP contribution is 2.26. The monoisotopic (exact) mass is 451 g/mol. The number of anilines is 1. The van der Waals surface area contributed by atoms with Gasteiger partial charge in [-0.3, -0.25) is 4.79 Å². The molecule has 156 valence electrons. The fourth-order valence-corrected chi connectivity index (χ4v) is 3.95. The number of nitrogens with zero attached hydrogens (tertiary/aromatic N) is 2. The Morgan fingerprint density at radius 3 is 2.45 bits per heavy atom. The van der Waals surface area contributed by atoms with Crippen LogP contribution in [0.4, 0.5) is 10.1 Å². The van der Waals surface area contributed by atoms with Crippen LogP contribution in [0.25, 0.3) is 11.3 Å². The van der Waals surface area contributed by atoms with E-state index in [1.807, 2.05) is 41.1 Å². The van der Waals surface area contributed by atoms with Gasteiger partial charge in [0.1, 0.15) is 5.82 Å². The highest BCUT2D eigenvalue weighted by Gasteiger charge is 2.14. The van der Waals surface area contributed by atoms with Crippen LogP contribution in [0.2, 0.25) is 5.02 Å². The van der Waals surface area contributed by atoms with Crippen LogP contribution in [0, 0.1) is 5.82 Å². The molecule has 4 rings (SSSR count). The summed E-state index contributed by atoms with van der Waals surface area (Å²) in [5.41, 5.74) is 2.97. The average Bonchev–Trinajstić information content (AvgIpc) is 3.19. The zero-order chi connectivity index (χ0) is 21.6. The Balaban J connectivity index is 1.53. The molecule has 0 fully saturated rings. The van der Waals surface area contributed by atoms with Gasteiger partial charge in [-0.2, -0.15) is 0 Å². The summed E-state index contributed by atoms with van der Waals surface area (Å²) >= 11 is 7.19. The molecule has 0 spiro atoms. The number of carbonyl (C=O) groups excluding carboxylic acids is 1. The van der Waals surface area contributed by atoms with Gasteiger partial charge >= 0.3 is 0 Å². The molecule has 0 aliphatic carbocycles. The Hall–Kier alpha value is -3.09. The lowest BCUT2D eigenvalue weighted by Gasteiger charge is -2.09. The first-order valence-corrected chi connectivity index (χ1v) is 11.0. The van der Waals surface area contributed by atoms with Gasteiger partial charge in [-0.05, 0) is 30.3 Å². The fraction of sp³-hybridized carbons (Fsp3) is 0.0833. The van der Waals surface area contributed by atoms with Crippen molar-refractivity contribution >= 4 is 35.0 Å². The first kappa shape index (κ1) is 21.2. The molecule has 7 heteroatoms. The van der Waals surface area contributed by atoms with Crippen molar-refractivity contribution in [3.05, 3.63) is 101 Å². The van der Waals surface area contributed by atoms with Gasteiger partial charge in [0, 0.05) is 28.0 Å². The Kier molecular flexibility index (Phi) is 6.70. The molecule has 0 radical (unpaired) electrons. The molecule has 1 amide bonds. The lowest BCUT2D eigenvalue weighted by atomic mass is 10.2. The SMILES string of the molecule is O=C(CSc1nc(-c2ccccc2)cn1Cc1ccccc1F)Nc1ccc(Cl)cc1. The molecule has 31 heavy (non-hydrogen) atoms. The number of thioether (sulfide) groups is 1. The second kappa shape index (κ2) is 9.81. The molecule has 0 aliphatic heterocycles. The van der Waals surface area contributed by atoms with Crippen molar-refractivity contribution in [2.24, 2.45) is 0 Å². The van der Waals surface area contributed by atoms with E-state index in [4.69, 9.17) is 16.6 Å². The molecule has 1 heterocycles. The molecule has 0 unspecified atom stereocenters. The normalized spacial score (nSPS) is 10.8. The van der Waals surface area contributed by atoms with Crippen molar-refractivity contribution in [3.8, 4) is 11.3 Å². The van der Waals surface area contributed by atoms with Crippen molar-refractivity contribution in [3.63, 3.8) is 0 Å². The highest BCUT2D eigenvalue weighted by atomic mass is 35.5. The van der Waals surface area contributed by atoms with Crippen LogP contribution in [-0.2, 0) is 11.3 Å². The maximum atomic E-state index is 14.2.